The molecule has 0 radical (unpaired) electrons. The van der Waals surface area contributed by atoms with Crippen molar-refractivity contribution in [3.05, 3.63) is 69.6 Å². The van der Waals surface area contributed by atoms with Crippen molar-refractivity contribution in [1.82, 2.24) is 9.47 Å². The summed E-state index contributed by atoms with van der Waals surface area (Å²) in [6.45, 7) is 3.56. The van der Waals surface area contributed by atoms with Gasteiger partial charge < -0.3 is 9.67 Å². The third-order valence-corrected chi connectivity index (χ3v) is 5.16. The maximum absolute atomic E-state index is 12.1. The van der Waals surface area contributed by atoms with Crippen LogP contribution in [0.15, 0.2) is 47.3 Å². The molecule has 0 unspecified atom stereocenters. The number of nitrogens with zero attached hydrogens (tertiary/aromatic N) is 2. The number of likely N-dealkylation sites (tertiary alicyclic amines) is 1. The number of benzene rings is 1. The second-order valence-corrected chi connectivity index (χ2v) is 6.89. The summed E-state index contributed by atoms with van der Waals surface area (Å²) in [7, 11) is 0. The maximum atomic E-state index is 12.1. The normalized spacial score (nSPS) is 22.8. The third kappa shape index (κ3) is 2.76. The monoisotopic (exact) mass is 324 g/mol. The number of aromatic nitrogens is 1. The summed E-state index contributed by atoms with van der Waals surface area (Å²) in [6.07, 6.45) is 1.15. The molecule has 5 heteroatoms. The van der Waals surface area contributed by atoms with Crippen molar-refractivity contribution in [2.75, 3.05) is 13.1 Å². The number of carboxylic acids is 1. The molecule has 1 aromatic heterocycles. The number of rotatable bonds is 3. The molecule has 0 aliphatic carbocycles. The Kier molecular flexibility index (Phi) is 3.73. The van der Waals surface area contributed by atoms with E-state index in [1.165, 1.54) is 0 Å². The van der Waals surface area contributed by atoms with Gasteiger partial charge in [0.05, 0.1) is 5.56 Å². The third-order valence-electron chi connectivity index (χ3n) is 5.16. The molecule has 0 amide bonds. The van der Waals surface area contributed by atoms with Crippen LogP contribution in [-0.4, -0.2) is 33.6 Å². The van der Waals surface area contributed by atoms with Crippen LogP contribution < -0.4 is 5.56 Å². The summed E-state index contributed by atoms with van der Waals surface area (Å²) in [4.78, 5) is 25.4. The van der Waals surface area contributed by atoms with Gasteiger partial charge in [-0.05, 0) is 36.1 Å². The van der Waals surface area contributed by atoms with Gasteiger partial charge in [0.15, 0.2) is 0 Å². The van der Waals surface area contributed by atoms with Gasteiger partial charge in [-0.25, -0.2) is 4.79 Å². The van der Waals surface area contributed by atoms with Crippen LogP contribution in [-0.2, 0) is 13.1 Å². The fraction of sp³-hybridized carbons (Fsp3) is 0.368. The highest BCUT2D eigenvalue weighted by Gasteiger charge is 2.34. The summed E-state index contributed by atoms with van der Waals surface area (Å²) < 4.78 is 1.94. The minimum absolute atomic E-state index is 0.111. The van der Waals surface area contributed by atoms with Crippen molar-refractivity contribution in [3.63, 3.8) is 0 Å². The van der Waals surface area contributed by atoms with E-state index in [-0.39, 0.29) is 5.56 Å². The van der Waals surface area contributed by atoms with E-state index in [4.69, 9.17) is 5.11 Å². The minimum atomic E-state index is -0.892. The number of aromatic carboxylic acids is 1. The van der Waals surface area contributed by atoms with Gasteiger partial charge in [-0.15, -0.1) is 0 Å². The van der Waals surface area contributed by atoms with Crippen LogP contribution in [0, 0.1) is 5.92 Å². The van der Waals surface area contributed by atoms with Crippen molar-refractivity contribution in [2.45, 2.75) is 25.4 Å². The Morgan fingerprint density at radius 3 is 2.62 bits per heavy atom. The highest BCUT2D eigenvalue weighted by molar-refractivity contribution is 5.87. The first kappa shape index (κ1) is 15.1. The van der Waals surface area contributed by atoms with E-state index < -0.39 is 5.97 Å². The Morgan fingerprint density at radius 1 is 1.08 bits per heavy atom. The highest BCUT2D eigenvalue weighted by atomic mass is 16.4. The molecule has 2 atom stereocenters. The van der Waals surface area contributed by atoms with Gasteiger partial charge in [0, 0.05) is 43.9 Å². The second kappa shape index (κ2) is 5.91. The van der Waals surface area contributed by atoms with Crippen LogP contribution >= 0.6 is 0 Å². The summed E-state index contributed by atoms with van der Waals surface area (Å²) in [5.74, 6) is 0.0236. The van der Waals surface area contributed by atoms with Crippen LogP contribution in [0.1, 0.15) is 34.0 Å². The standard InChI is InChI=1S/C19H20N2O3/c22-18-3-1-2-17-16-8-14(11-21(17)18)10-20(12-16)9-13-4-6-15(7-5-13)19(23)24/h1-7,14,16H,8-12H2,(H,23,24)/t14-,16+/m1/s1. The maximum Gasteiger partial charge on any atom is 0.335 e. The number of hydrogen-bond donors (Lipinski definition) is 1. The summed E-state index contributed by atoms with van der Waals surface area (Å²) in [6, 6.07) is 12.7. The van der Waals surface area contributed by atoms with Crippen molar-refractivity contribution < 1.29 is 9.90 Å². The van der Waals surface area contributed by atoms with Crippen molar-refractivity contribution in [1.29, 1.82) is 0 Å². The number of fused-ring (bicyclic) bond motifs is 4. The van der Waals surface area contributed by atoms with Gasteiger partial charge in [-0.3, -0.25) is 9.69 Å². The number of hydrogen-bond acceptors (Lipinski definition) is 3. The predicted molar refractivity (Wildman–Crippen MR) is 90.2 cm³/mol. The molecule has 2 aromatic rings. The zero-order valence-corrected chi connectivity index (χ0v) is 13.4. The van der Waals surface area contributed by atoms with Crippen molar-refractivity contribution >= 4 is 5.97 Å². The van der Waals surface area contributed by atoms with Gasteiger partial charge in [-0.2, -0.15) is 0 Å². The SMILES string of the molecule is O=C(O)c1ccc(CN2C[C@H]3C[C@@H](C2)c2cccc(=O)n2C3)cc1. The number of carboxylic acid groups (broad SMARTS) is 1. The molecule has 0 spiro atoms. The molecule has 2 aliphatic rings. The van der Waals surface area contributed by atoms with E-state index in [1.54, 1.807) is 18.2 Å². The predicted octanol–water partition coefficient (Wildman–Crippen LogP) is 2.17. The van der Waals surface area contributed by atoms with Crippen LogP contribution in [0.5, 0.6) is 0 Å². The molecule has 2 aliphatic heterocycles. The Hall–Kier alpha value is -2.40. The van der Waals surface area contributed by atoms with Gasteiger partial charge in [-0.1, -0.05) is 18.2 Å². The Bertz CT molecular complexity index is 825. The summed E-state index contributed by atoms with van der Waals surface area (Å²) >= 11 is 0. The summed E-state index contributed by atoms with van der Waals surface area (Å²) in [5, 5.41) is 8.98. The van der Waals surface area contributed by atoms with Crippen LogP contribution in [0.3, 0.4) is 0 Å². The molecule has 1 N–H and O–H groups in total. The van der Waals surface area contributed by atoms with Gasteiger partial charge in [0.2, 0.25) is 0 Å². The first-order chi connectivity index (χ1) is 11.6. The Balaban J connectivity index is 1.52. The van der Waals surface area contributed by atoms with Crippen molar-refractivity contribution in [2.24, 2.45) is 5.92 Å². The Labute approximate surface area is 140 Å². The van der Waals surface area contributed by atoms with Crippen LogP contribution in [0.25, 0.3) is 0 Å². The molecule has 1 fully saturated rings. The lowest BCUT2D eigenvalue weighted by molar-refractivity contribution is 0.0697. The quantitative estimate of drug-likeness (QED) is 0.940. The molecule has 4 rings (SSSR count). The molecule has 1 aromatic carbocycles. The average Bonchev–Trinajstić information content (AvgIpc) is 2.56. The first-order valence-corrected chi connectivity index (χ1v) is 8.34. The lowest BCUT2D eigenvalue weighted by Gasteiger charge is -2.42. The van der Waals surface area contributed by atoms with Crippen LogP contribution in [0.4, 0.5) is 0 Å². The smallest absolute Gasteiger partial charge is 0.335 e. The van der Waals surface area contributed by atoms with Crippen molar-refractivity contribution in [3.8, 4) is 0 Å². The topological polar surface area (TPSA) is 62.5 Å². The number of pyridine rings is 1. The Morgan fingerprint density at radius 2 is 1.88 bits per heavy atom. The fourth-order valence-corrected chi connectivity index (χ4v) is 4.14. The largest absolute Gasteiger partial charge is 0.478 e. The molecule has 1 saturated heterocycles. The molecular weight excluding hydrogens is 304 g/mol. The molecule has 5 nitrogen and oxygen atoms in total. The molecule has 24 heavy (non-hydrogen) atoms. The highest BCUT2D eigenvalue weighted by Crippen LogP contribution is 2.35. The zero-order valence-electron chi connectivity index (χ0n) is 13.4. The van der Waals surface area contributed by atoms with E-state index >= 15 is 0 Å². The molecule has 124 valence electrons. The molecular formula is C19H20N2O3. The molecule has 3 heterocycles. The lowest BCUT2D eigenvalue weighted by Crippen LogP contribution is -2.46. The van der Waals surface area contributed by atoms with Gasteiger partial charge >= 0.3 is 5.97 Å². The van der Waals surface area contributed by atoms with E-state index in [9.17, 15) is 9.59 Å². The van der Waals surface area contributed by atoms with Gasteiger partial charge in [0.25, 0.3) is 5.56 Å². The van der Waals surface area contributed by atoms with E-state index in [0.717, 1.165) is 43.9 Å². The molecule has 0 saturated carbocycles. The van der Waals surface area contributed by atoms with E-state index in [2.05, 4.69) is 11.0 Å². The number of carbonyl (C=O) groups is 1. The zero-order chi connectivity index (χ0) is 16.7. The van der Waals surface area contributed by atoms with Gasteiger partial charge in [0.1, 0.15) is 0 Å². The molecule has 2 bridgehead atoms. The number of piperidine rings is 1. The van der Waals surface area contributed by atoms with E-state index in [0.29, 0.717) is 17.4 Å². The lowest BCUT2D eigenvalue weighted by atomic mass is 9.83. The fourth-order valence-electron chi connectivity index (χ4n) is 4.14. The minimum Gasteiger partial charge on any atom is -0.478 e. The first-order valence-electron chi connectivity index (χ1n) is 8.34. The van der Waals surface area contributed by atoms with E-state index in [1.807, 2.05) is 22.8 Å². The summed E-state index contributed by atoms with van der Waals surface area (Å²) in [5.41, 5.74) is 2.72. The van der Waals surface area contributed by atoms with Crippen LogP contribution in [0.2, 0.25) is 0 Å². The average molecular weight is 324 g/mol. The second-order valence-electron chi connectivity index (χ2n) is 6.89.